The molecule has 0 N–H and O–H groups in total. The molecule has 0 aliphatic carbocycles. The third-order valence-electron chi connectivity index (χ3n) is 0.381. The number of hydrogen-bond acceptors (Lipinski definition) is 1. The Bertz CT molecular complexity index is 32.9. The fourth-order valence-corrected chi connectivity index (χ4v) is 0.164. The molecule has 35 valence electrons. The monoisotopic (exact) mass is 85.1 g/mol. The van der Waals surface area contributed by atoms with E-state index in [-0.39, 0.29) is 0 Å². The van der Waals surface area contributed by atoms with Crippen LogP contribution in [-0.4, -0.2) is 6.61 Å². The topological polar surface area (TPSA) is 9.23 Å². The lowest BCUT2D eigenvalue weighted by molar-refractivity contribution is 0.239. The summed E-state index contributed by atoms with van der Waals surface area (Å²) in [6, 6.07) is 0. The molecule has 0 aromatic carbocycles. The van der Waals surface area contributed by atoms with Crippen LogP contribution in [0.25, 0.3) is 0 Å². The van der Waals surface area contributed by atoms with E-state index in [0.29, 0.717) is 6.61 Å². The SMILES string of the molecule is C=CCO[CH]C. The summed E-state index contributed by atoms with van der Waals surface area (Å²) in [6.45, 7) is 7.55. The van der Waals surface area contributed by atoms with Gasteiger partial charge in [0.05, 0.1) is 13.2 Å². The zero-order chi connectivity index (χ0) is 4.83. The van der Waals surface area contributed by atoms with Gasteiger partial charge in [-0.05, 0) is 6.92 Å². The van der Waals surface area contributed by atoms with Gasteiger partial charge in [0, 0.05) is 0 Å². The van der Waals surface area contributed by atoms with Gasteiger partial charge >= 0.3 is 0 Å². The van der Waals surface area contributed by atoms with Crippen molar-refractivity contribution in [2.24, 2.45) is 0 Å². The second-order valence-electron chi connectivity index (χ2n) is 0.858. The molecule has 0 amide bonds. The van der Waals surface area contributed by atoms with Crippen LogP contribution in [-0.2, 0) is 4.74 Å². The van der Waals surface area contributed by atoms with Gasteiger partial charge < -0.3 is 4.74 Å². The first kappa shape index (κ1) is 5.70. The minimum absolute atomic E-state index is 0.622. The highest BCUT2D eigenvalue weighted by atomic mass is 16.5. The lowest BCUT2D eigenvalue weighted by Crippen LogP contribution is -1.80. The van der Waals surface area contributed by atoms with Crippen LogP contribution in [0.2, 0.25) is 0 Å². The van der Waals surface area contributed by atoms with Gasteiger partial charge in [-0.2, -0.15) is 0 Å². The van der Waals surface area contributed by atoms with E-state index >= 15 is 0 Å². The lowest BCUT2D eigenvalue weighted by atomic mass is 10.7. The van der Waals surface area contributed by atoms with Crippen molar-refractivity contribution in [2.45, 2.75) is 6.92 Å². The maximum absolute atomic E-state index is 4.74. The van der Waals surface area contributed by atoms with Gasteiger partial charge in [-0.1, -0.05) is 6.08 Å². The summed E-state index contributed by atoms with van der Waals surface area (Å²) in [6.07, 6.45) is 1.71. The van der Waals surface area contributed by atoms with Gasteiger partial charge in [-0.3, -0.25) is 0 Å². The van der Waals surface area contributed by atoms with Crippen molar-refractivity contribution < 1.29 is 4.74 Å². The summed E-state index contributed by atoms with van der Waals surface area (Å²) in [4.78, 5) is 0. The Labute approximate surface area is 38.6 Å². The van der Waals surface area contributed by atoms with Crippen LogP contribution in [0.3, 0.4) is 0 Å². The molecule has 1 heteroatoms. The van der Waals surface area contributed by atoms with E-state index in [1.807, 2.05) is 6.92 Å². The van der Waals surface area contributed by atoms with Crippen LogP contribution in [0, 0.1) is 6.61 Å². The smallest absolute Gasteiger partial charge is 0.0810 e. The second kappa shape index (κ2) is 4.70. The van der Waals surface area contributed by atoms with E-state index in [4.69, 9.17) is 4.74 Å². The van der Waals surface area contributed by atoms with Crippen molar-refractivity contribution in [1.82, 2.24) is 0 Å². The Kier molecular flexibility index (Phi) is 4.46. The summed E-state index contributed by atoms with van der Waals surface area (Å²) < 4.78 is 4.74. The molecular formula is C5H9O. The minimum Gasteiger partial charge on any atom is -0.372 e. The zero-order valence-corrected chi connectivity index (χ0v) is 3.98. The molecule has 0 bridgehead atoms. The highest BCUT2D eigenvalue weighted by Gasteiger charge is 1.68. The van der Waals surface area contributed by atoms with Gasteiger partial charge in [0.1, 0.15) is 0 Å². The number of rotatable bonds is 3. The zero-order valence-electron chi connectivity index (χ0n) is 3.98. The molecule has 1 nitrogen and oxygen atoms in total. The molecule has 0 rings (SSSR count). The molecule has 0 saturated carbocycles. The fraction of sp³-hybridized carbons (Fsp3) is 0.400. The Morgan fingerprint density at radius 3 is 2.67 bits per heavy atom. The van der Waals surface area contributed by atoms with Crippen LogP contribution < -0.4 is 0 Å². The van der Waals surface area contributed by atoms with E-state index < -0.39 is 0 Å². The fourth-order valence-electron chi connectivity index (χ4n) is 0.164. The third-order valence-corrected chi connectivity index (χ3v) is 0.381. The third kappa shape index (κ3) is 3.70. The molecule has 0 aromatic heterocycles. The van der Waals surface area contributed by atoms with E-state index in [2.05, 4.69) is 6.58 Å². The first-order valence-electron chi connectivity index (χ1n) is 1.92. The van der Waals surface area contributed by atoms with Crippen LogP contribution in [0.5, 0.6) is 0 Å². The Balaban J connectivity index is 2.49. The molecule has 0 aromatic rings. The molecule has 0 unspecified atom stereocenters. The molecule has 0 spiro atoms. The maximum Gasteiger partial charge on any atom is 0.0810 e. The predicted molar refractivity (Wildman–Crippen MR) is 26.1 cm³/mol. The highest BCUT2D eigenvalue weighted by Crippen LogP contribution is 1.75. The van der Waals surface area contributed by atoms with E-state index in [9.17, 15) is 0 Å². The second-order valence-corrected chi connectivity index (χ2v) is 0.858. The summed E-state index contributed by atoms with van der Waals surface area (Å²) in [5.74, 6) is 0. The van der Waals surface area contributed by atoms with Crippen LogP contribution >= 0.6 is 0 Å². The van der Waals surface area contributed by atoms with E-state index in [1.54, 1.807) is 12.7 Å². The first-order valence-corrected chi connectivity index (χ1v) is 1.92. The quantitative estimate of drug-likeness (QED) is 0.371. The number of ether oxygens (including phenoxy) is 1. The number of hydrogen-bond donors (Lipinski definition) is 0. The van der Waals surface area contributed by atoms with Gasteiger partial charge in [0.15, 0.2) is 0 Å². The van der Waals surface area contributed by atoms with E-state index in [1.165, 1.54) is 0 Å². The molecular weight excluding hydrogens is 76.1 g/mol. The summed E-state index contributed by atoms with van der Waals surface area (Å²) in [7, 11) is 0. The molecule has 0 atom stereocenters. The van der Waals surface area contributed by atoms with Crippen molar-refractivity contribution in [1.29, 1.82) is 0 Å². The molecule has 0 heterocycles. The van der Waals surface area contributed by atoms with Gasteiger partial charge in [0.2, 0.25) is 0 Å². The first-order chi connectivity index (χ1) is 2.91. The average molecular weight is 85.1 g/mol. The van der Waals surface area contributed by atoms with Crippen molar-refractivity contribution >= 4 is 0 Å². The van der Waals surface area contributed by atoms with Crippen molar-refractivity contribution in [3.8, 4) is 0 Å². The molecule has 0 aliphatic rings. The summed E-state index contributed by atoms with van der Waals surface area (Å²) >= 11 is 0. The Hall–Kier alpha value is -0.300. The van der Waals surface area contributed by atoms with Gasteiger partial charge in [0.25, 0.3) is 0 Å². The maximum atomic E-state index is 4.74. The molecule has 6 heavy (non-hydrogen) atoms. The standard InChI is InChI=1S/C5H9O/c1-3-5-6-4-2/h3-4H,1,5H2,2H3. The van der Waals surface area contributed by atoms with Crippen LogP contribution in [0.4, 0.5) is 0 Å². The lowest BCUT2D eigenvalue weighted by Gasteiger charge is -1.87. The van der Waals surface area contributed by atoms with Crippen molar-refractivity contribution in [3.05, 3.63) is 19.3 Å². The Morgan fingerprint density at radius 2 is 2.50 bits per heavy atom. The molecule has 0 fully saturated rings. The predicted octanol–water partition coefficient (Wildman–Crippen LogP) is 1.37. The van der Waals surface area contributed by atoms with Crippen LogP contribution in [0.15, 0.2) is 12.7 Å². The summed E-state index contributed by atoms with van der Waals surface area (Å²) in [5, 5.41) is 0. The molecule has 0 saturated heterocycles. The van der Waals surface area contributed by atoms with E-state index in [0.717, 1.165) is 0 Å². The van der Waals surface area contributed by atoms with Crippen molar-refractivity contribution in [2.75, 3.05) is 6.61 Å². The van der Waals surface area contributed by atoms with Gasteiger partial charge in [-0.15, -0.1) is 6.58 Å². The summed E-state index contributed by atoms with van der Waals surface area (Å²) in [5.41, 5.74) is 0. The average Bonchev–Trinajstić information content (AvgIpc) is 1.61. The largest absolute Gasteiger partial charge is 0.372 e. The highest BCUT2D eigenvalue weighted by molar-refractivity contribution is 4.64. The van der Waals surface area contributed by atoms with Crippen molar-refractivity contribution in [3.63, 3.8) is 0 Å². The Morgan fingerprint density at radius 1 is 1.83 bits per heavy atom. The minimum atomic E-state index is 0.622. The van der Waals surface area contributed by atoms with Gasteiger partial charge in [-0.25, -0.2) is 0 Å². The van der Waals surface area contributed by atoms with Crippen LogP contribution in [0.1, 0.15) is 6.92 Å². The normalized spacial score (nSPS) is 8.17. The molecule has 0 aliphatic heterocycles. The molecule has 1 radical (unpaired) electrons.